The summed E-state index contributed by atoms with van der Waals surface area (Å²) in [6, 6.07) is 3.83. The van der Waals surface area contributed by atoms with Crippen molar-refractivity contribution in [2.24, 2.45) is 0 Å². The van der Waals surface area contributed by atoms with Crippen LogP contribution in [0.5, 0.6) is 17.2 Å². The van der Waals surface area contributed by atoms with Gasteiger partial charge in [0.1, 0.15) is 6.61 Å². The van der Waals surface area contributed by atoms with Crippen LogP contribution in [-0.4, -0.2) is 82.5 Å². The lowest BCUT2D eigenvalue weighted by molar-refractivity contribution is 0.0409. The van der Waals surface area contributed by atoms with Crippen molar-refractivity contribution >= 4 is 5.97 Å². The van der Waals surface area contributed by atoms with Gasteiger partial charge in [-0.05, 0) is 25.0 Å². The van der Waals surface area contributed by atoms with E-state index in [0.29, 0.717) is 35.5 Å². The maximum Gasteiger partial charge on any atom is 0.338 e. The molecule has 3 rings (SSSR count). The summed E-state index contributed by atoms with van der Waals surface area (Å²) in [5.41, 5.74) is 0.382. The number of carbonyl (C=O) groups is 1. The first-order chi connectivity index (χ1) is 13.7. The third-order valence-electron chi connectivity index (χ3n) is 5.40. The zero-order chi connectivity index (χ0) is 19.9. The molecule has 0 N–H and O–H groups in total. The number of piperazine rings is 1. The molecule has 1 aliphatic carbocycles. The summed E-state index contributed by atoms with van der Waals surface area (Å²) in [5.74, 6) is 0.933. The molecule has 0 aromatic heterocycles. The quantitative estimate of drug-likeness (QED) is 0.498. The maximum absolute atomic E-state index is 12.4. The minimum Gasteiger partial charge on any atom is -0.493 e. The summed E-state index contributed by atoms with van der Waals surface area (Å²) < 4.78 is 21.3. The van der Waals surface area contributed by atoms with Crippen LogP contribution < -0.4 is 14.2 Å². The van der Waals surface area contributed by atoms with Gasteiger partial charge in [-0.25, -0.2) is 4.79 Å². The first kappa shape index (κ1) is 20.5. The van der Waals surface area contributed by atoms with E-state index in [2.05, 4.69) is 22.0 Å². The van der Waals surface area contributed by atoms with E-state index < -0.39 is 5.97 Å². The van der Waals surface area contributed by atoms with Gasteiger partial charge in [0.05, 0.1) is 26.9 Å². The summed E-state index contributed by atoms with van der Waals surface area (Å²) in [6.07, 6.45) is 7.04. The Morgan fingerprint density at radius 2 is 1.71 bits per heavy atom. The van der Waals surface area contributed by atoms with Crippen LogP contribution in [0.15, 0.2) is 24.3 Å². The van der Waals surface area contributed by atoms with Crippen LogP contribution in [0.25, 0.3) is 0 Å². The molecule has 1 atom stereocenters. The zero-order valence-corrected chi connectivity index (χ0v) is 17.0. The molecule has 154 valence electrons. The fraction of sp³-hybridized carbons (Fsp3) is 0.571. The number of rotatable bonds is 8. The van der Waals surface area contributed by atoms with Gasteiger partial charge in [-0.1, -0.05) is 12.2 Å². The van der Waals surface area contributed by atoms with Crippen LogP contribution in [0.3, 0.4) is 0 Å². The number of ether oxygens (including phenoxy) is 4. The number of benzene rings is 1. The maximum atomic E-state index is 12.4. The Bertz CT molecular complexity index is 673. The van der Waals surface area contributed by atoms with Crippen molar-refractivity contribution in [1.29, 1.82) is 0 Å². The van der Waals surface area contributed by atoms with Crippen LogP contribution in [0, 0.1) is 0 Å². The van der Waals surface area contributed by atoms with E-state index in [0.717, 1.165) is 32.7 Å². The molecule has 1 fully saturated rings. The SMILES string of the molecule is COc1cc(C(=O)OCCN2CCN(C3C=CCC3)CC2)cc(OC)c1OC. The molecular weight excluding hydrogens is 360 g/mol. The molecule has 28 heavy (non-hydrogen) atoms. The Hall–Kier alpha value is -2.25. The molecule has 0 spiro atoms. The molecule has 2 aliphatic rings. The molecule has 1 aliphatic heterocycles. The van der Waals surface area contributed by atoms with Crippen LogP contribution in [-0.2, 0) is 4.74 Å². The Morgan fingerprint density at radius 1 is 1.04 bits per heavy atom. The minimum absolute atomic E-state index is 0.360. The van der Waals surface area contributed by atoms with E-state index in [1.165, 1.54) is 34.2 Å². The second-order valence-corrected chi connectivity index (χ2v) is 7.00. The van der Waals surface area contributed by atoms with Gasteiger partial charge < -0.3 is 18.9 Å². The van der Waals surface area contributed by atoms with Gasteiger partial charge in [0, 0.05) is 38.8 Å². The number of hydrogen-bond donors (Lipinski definition) is 0. The van der Waals surface area contributed by atoms with Crippen LogP contribution in [0.1, 0.15) is 23.2 Å². The van der Waals surface area contributed by atoms with Crippen molar-refractivity contribution in [3.8, 4) is 17.2 Å². The predicted molar refractivity (Wildman–Crippen MR) is 107 cm³/mol. The molecule has 1 unspecified atom stereocenters. The number of hydrogen-bond acceptors (Lipinski definition) is 7. The number of carbonyl (C=O) groups excluding carboxylic acids is 1. The number of methoxy groups -OCH3 is 3. The first-order valence-electron chi connectivity index (χ1n) is 9.76. The summed E-state index contributed by atoms with van der Waals surface area (Å²) in [5, 5.41) is 0. The summed E-state index contributed by atoms with van der Waals surface area (Å²) >= 11 is 0. The van der Waals surface area contributed by atoms with Crippen molar-refractivity contribution in [3.63, 3.8) is 0 Å². The second-order valence-electron chi connectivity index (χ2n) is 7.00. The van der Waals surface area contributed by atoms with E-state index >= 15 is 0 Å². The molecule has 7 nitrogen and oxygen atoms in total. The summed E-state index contributed by atoms with van der Waals surface area (Å²) in [4.78, 5) is 17.3. The smallest absolute Gasteiger partial charge is 0.338 e. The van der Waals surface area contributed by atoms with Gasteiger partial charge in [-0.2, -0.15) is 0 Å². The number of nitrogens with zero attached hydrogens (tertiary/aromatic N) is 2. The molecule has 1 saturated heterocycles. The predicted octanol–water partition coefficient (Wildman–Crippen LogP) is 2.21. The van der Waals surface area contributed by atoms with Crippen molar-refractivity contribution < 1.29 is 23.7 Å². The van der Waals surface area contributed by atoms with E-state index in [1.54, 1.807) is 12.1 Å². The molecule has 0 amide bonds. The lowest BCUT2D eigenvalue weighted by Gasteiger charge is -2.37. The molecule has 1 aromatic rings. The van der Waals surface area contributed by atoms with Crippen LogP contribution in [0.2, 0.25) is 0 Å². The van der Waals surface area contributed by atoms with Gasteiger partial charge in [-0.3, -0.25) is 9.80 Å². The fourth-order valence-corrected chi connectivity index (χ4v) is 3.79. The highest BCUT2D eigenvalue weighted by molar-refractivity contribution is 5.91. The lowest BCUT2D eigenvalue weighted by Crippen LogP contribution is -2.50. The average Bonchev–Trinajstić information content (AvgIpc) is 3.27. The van der Waals surface area contributed by atoms with Crippen molar-refractivity contribution in [2.45, 2.75) is 18.9 Å². The second kappa shape index (κ2) is 9.80. The standard InChI is InChI=1S/C21H30N2O5/c1-25-18-14-16(15-19(26-2)20(18)27-3)21(24)28-13-12-22-8-10-23(11-9-22)17-6-4-5-7-17/h4,6,14-15,17H,5,7-13H2,1-3H3. The normalized spacial score (nSPS) is 20.2. The minimum atomic E-state index is -0.394. The Labute approximate surface area is 166 Å². The Balaban J connectivity index is 1.47. The van der Waals surface area contributed by atoms with Crippen LogP contribution in [0.4, 0.5) is 0 Å². The topological polar surface area (TPSA) is 60.5 Å². The average molecular weight is 390 g/mol. The van der Waals surface area contributed by atoms with E-state index in [1.807, 2.05) is 0 Å². The van der Waals surface area contributed by atoms with Crippen molar-refractivity contribution in [3.05, 3.63) is 29.8 Å². The number of allylic oxidation sites excluding steroid dienone is 1. The van der Waals surface area contributed by atoms with E-state index in [-0.39, 0.29) is 0 Å². The molecule has 1 heterocycles. The lowest BCUT2D eigenvalue weighted by atomic mass is 10.2. The third kappa shape index (κ3) is 4.77. The van der Waals surface area contributed by atoms with Gasteiger partial charge in [0.2, 0.25) is 5.75 Å². The molecule has 7 heteroatoms. The molecular formula is C21H30N2O5. The monoisotopic (exact) mass is 390 g/mol. The van der Waals surface area contributed by atoms with Crippen molar-refractivity contribution in [1.82, 2.24) is 9.80 Å². The third-order valence-corrected chi connectivity index (χ3v) is 5.40. The van der Waals surface area contributed by atoms with Gasteiger partial charge in [0.25, 0.3) is 0 Å². The zero-order valence-electron chi connectivity index (χ0n) is 17.0. The summed E-state index contributed by atoms with van der Waals surface area (Å²) in [7, 11) is 4.57. The van der Waals surface area contributed by atoms with Gasteiger partial charge in [0.15, 0.2) is 11.5 Å². The highest BCUT2D eigenvalue weighted by Gasteiger charge is 2.24. The largest absolute Gasteiger partial charge is 0.493 e. The van der Waals surface area contributed by atoms with Gasteiger partial charge >= 0.3 is 5.97 Å². The van der Waals surface area contributed by atoms with E-state index in [4.69, 9.17) is 18.9 Å². The highest BCUT2D eigenvalue weighted by Crippen LogP contribution is 2.38. The van der Waals surface area contributed by atoms with Crippen LogP contribution >= 0.6 is 0 Å². The number of esters is 1. The van der Waals surface area contributed by atoms with Gasteiger partial charge in [-0.15, -0.1) is 0 Å². The molecule has 1 aromatic carbocycles. The Kier molecular flexibility index (Phi) is 7.17. The highest BCUT2D eigenvalue weighted by atomic mass is 16.5. The molecule has 0 bridgehead atoms. The summed E-state index contributed by atoms with van der Waals surface area (Å²) in [6.45, 7) is 5.24. The fourth-order valence-electron chi connectivity index (χ4n) is 3.79. The van der Waals surface area contributed by atoms with E-state index in [9.17, 15) is 4.79 Å². The molecule has 0 saturated carbocycles. The van der Waals surface area contributed by atoms with Crippen molar-refractivity contribution in [2.75, 3.05) is 60.7 Å². The Morgan fingerprint density at radius 3 is 2.25 bits per heavy atom. The molecule has 0 radical (unpaired) electrons. The first-order valence-corrected chi connectivity index (χ1v) is 9.76.